The van der Waals surface area contributed by atoms with E-state index in [0.717, 1.165) is 17.5 Å². The van der Waals surface area contributed by atoms with Gasteiger partial charge in [-0.2, -0.15) is 0 Å². The molecule has 1 aromatic heterocycles. The Bertz CT molecular complexity index is 1110. The minimum atomic E-state index is -0.569. The standard InChI is InChI=1S/C25H25N3O2/c1-18(27-24(29)12-11-19-7-3-2-4-8-19)25(30)28-15-13-20(14-16-28)22-17-26-23-10-6-5-9-21(22)23/h2-13,17-18,26H,14-16H2,1H3,(H,27,29)/b12-11+. The fourth-order valence-electron chi connectivity index (χ4n) is 3.78. The Balaban J connectivity index is 1.35. The minimum absolute atomic E-state index is 0.0642. The summed E-state index contributed by atoms with van der Waals surface area (Å²) in [5, 5.41) is 3.97. The summed E-state index contributed by atoms with van der Waals surface area (Å²) in [5.41, 5.74) is 4.51. The molecule has 4 rings (SSSR count). The van der Waals surface area contributed by atoms with Gasteiger partial charge in [0.05, 0.1) is 0 Å². The number of nitrogens with zero attached hydrogens (tertiary/aromatic N) is 1. The number of H-pyrrole nitrogens is 1. The average molecular weight is 399 g/mol. The highest BCUT2D eigenvalue weighted by molar-refractivity contribution is 5.96. The first-order valence-corrected chi connectivity index (χ1v) is 10.2. The van der Waals surface area contributed by atoms with Crippen LogP contribution in [-0.4, -0.2) is 40.8 Å². The van der Waals surface area contributed by atoms with Crippen LogP contribution in [0.5, 0.6) is 0 Å². The third kappa shape index (κ3) is 4.35. The molecular formula is C25H25N3O2. The fourth-order valence-corrected chi connectivity index (χ4v) is 3.78. The average Bonchev–Trinajstić information content (AvgIpc) is 3.22. The lowest BCUT2D eigenvalue weighted by atomic mass is 9.98. The summed E-state index contributed by atoms with van der Waals surface area (Å²) < 4.78 is 0. The number of aromatic nitrogens is 1. The first-order chi connectivity index (χ1) is 14.6. The molecule has 5 nitrogen and oxygen atoms in total. The van der Waals surface area contributed by atoms with Gasteiger partial charge in [0, 0.05) is 41.8 Å². The predicted molar refractivity (Wildman–Crippen MR) is 121 cm³/mol. The van der Waals surface area contributed by atoms with Crippen molar-refractivity contribution in [2.24, 2.45) is 0 Å². The largest absolute Gasteiger partial charge is 0.361 e. The molecule has 2 N–H and O–H groups in total. The zero-order valence-electron chi connectivity index (χ0n) is 17.0. The lowest BCUT2D eigenvalue weighted by Gasteiger charge is -2.29. The van der Waals surface area contributed by atoms with E-state index in [4.69, 9.17) is 0 Å². The van der Waals surface area contributed by atoms with E-state index < -0.39 is 6.04 Å². The van der Waals surface area contributed by atoms with Crippen LogP contribution in [0.15, 0.2) is 72.9 Å². The van der Waals surface area contributed by atoms with Gasteiger partial charge in [-0.1, -0.05) is 54.6 Å². The van der Waals surface area contributed by atoms with Crippen LogP contribution in [0.4, 0.5) is 0 Å². The molecule has 0 spiro atoms. The van der Waals surface area contributed by atoms with Crippen LogP contribution in [0, 0.1) is 0 Å². The SMILES string of the molecule is CC(NC(=O)/C=C/c1ccccc1)C(=O)N1CC=C(c2c[nH]c3ccccc23)CC1. The molecule has 2 heterocycles. The summed E-state index contributed by atoms with van der Waals surface area (Å²) in [6, 6.07) is 17.3. The third-order valence-electron chi connectivity index (χ3n) is 5.41. The van der Waals surface area contributed by atoms with Crippen LogP contribution in [0.3, 0.4) is 0 Å². The monoisotopic (exact) mass is 399 g/mol. The maximum Gasteiger partial charge on any atom is 0.245 e. The predicted octanol–water partition coefficient (Wildman–Crippen LogP) is 4.00. The van der Waals surface area contributed by atoms with Crippen LogP contribution in [0.2, 0.25) is 0 Å². The molecule has 2 aromatic carbocycles. The number of aromatic amines is 1. The van der Waals surface area contributed by atoms with Gasteiger partial charge in [0.1, 0.15) is 6.04 Å². The van der Waals surface area contributed by atoms with Crippen molar-refractivity contribution in [2.75, 3.05) is 13.1 Å². The molecule has 30 heavy (non-hydrogen) atoms. The Morgan fingerprint density at radius 3 is 2.63 bits per heavy atom. The molecule has 3 aromatic rings. The Hall–Kier alpha value is -3.60. The van der Waals surface area contributed by atoms with E-state index in [0.29, 0.717) is 13.1 Å². The van der Waals surface area contributed by atoms with Crippen molar-refractivity contribution in [1.29, 1.82) is 0 Å². The summed E-state index contributed by atoms with van der Waals surface area (Å²) in [4.78, 5) is 30.0. The molecule has 1 aliphatic rings. The van der Waals surface area contributed by atoms with Crippen molar-refractivity contribution in [1.82, 2.24) is 15.2 Å². The van der Waals surface area contributed by atoms with E-state index in [1.807, 2.05) is 48.7 Å². The number of hydrogen-bond acceptors (Lipinski definition) is 2. The summed E-state index contributed by atoms with van der Waals surface area (Å²) in [6.07, 6.45) is 8.15. The van der Waals surface area contributed by atoms with Gasteiger partial charge in [0.25, 0.3) is 0 Å². The number of amides is 2. The second-order valence-corrected chi connectivity index (χ2v) is 7.49. The van der Waals surface area contributed by atoms with Gasteiger partial charge in [-0.3, -0.25) is 9.59 Å². The van der Waals surface area contributed by atoms with E-state index in [2.05, 4.69) is 28.5 Å². The number of hydrogen-bond donors (Lipinski definition) is 2. The molecule has 152 valence electrons. The molecule has 2 amide bonds. The summed E-state index contributed by atoms with van der Waals surface area (Å²) >= 11 is 0. The highest BCUT2D eigenvalue weighted by atomic mass is 16.2. The van der Waals surface area contributed by atoms with Gasteiger partial charge in [-0.15, -0.1) is 0 Å². The molecule has 0 bridgehead atoms. The molecular weight excluding hydrogens is 374 g/mol. The lowest BCUT2D eigenvalue weighted by Crippen LogP contribution is -2.47. The Labute approximate surface area is 176 Å². The molecule has 0 saturated heterocycles. The maximum absolute atomic E-state index is 12.8. The summed E-state index contributed by atoms with van der Waals surface area (Å²) in [5.74, 6) is -0.336. The molecule has 1 atom stereocenters. The number of benzene rings is 2. The third-order valence-corrected chi connectivity index (χ3v) is 5.41. The second kappa shape index (κ2) is 8.82. The number of carbonyl (C=O) groups is 2. The number of carbonyl (C=O) groups excluding carboxylic acids is 2. The van der Waals surface area contributed by atoms with Crippen LogP contribution in [0.1, 0.15) is 24.5 Å². The molecule has 1 unspecified atom stereocenters. The first kappa shape index (κ1) is 19.7. The van der Waals surface area contributed by atoms with Crippen molar-refractivity contribution in [3.8, 4) is 0 Å². The van der Waals surface area contributed by atoms with Gasteiger partial charge in [-0.05, 0) is 36.6 Å². The summed E-state index contributed by atoms with van der Waals surface area (Å²) in [7, 11) is 0. The van der Waals surface area contributed by atoms with Crippen molar-refractivity contribution >= 4 is 34.4 Å². The second-order valence-electron chi connectivity index (χ2n) is 7.49. The smallest absolute Gasteiger partial charge is 0.245 e. The number of fused-ring (bicyclic) bond motifs is 1. The normalized spacial score (nSPS) is 15.2. The van der Waals surface area contributed by atoms with Gasteiger partial charge in [-0.25, -0.2) is 0 Å². The molecule has 1 aliphatic heterocycles. The zero-order chi connectivity index (χ0) is 20.9. The topological polar surface area (TPSA) is 65.2 Å². The highest BCUT2D eigenvalue weighted by Gasteiger charge is 2.24. The van der Waals surface area contributed by atoms with Crippen molar-refractivity contribution < 1.29 is 9.59 Å². The van der Waals surface area contributed by atoms with Crippen LogP contribution >= 0.6 is 0 Å². The highest BCUT2D eigenvalue weighted by Crippen LogP contribution is 2.29. The van der Waals surface area contributed by atoms with E-state index in [1.165, 1.54) is 22.6 Å². The van der Waals surface area contributed by atoms with Crippen molar-refractivity contribution in [2.45, 2.75) is 19.4 Å². The number of rotatable bonds is 5. The molecule has 0 fully saturated rings. The Morgan fingerprint density at radius 1 is 1.10 bits per heavy atom. The van der Waals surface area contributed by atoms with E-state index in [-0.39, 0.29) is 11.8 Å². The molecule has 0 radical (unpaired) electrons. The van der Waals surface area contributed by atoms with Gasteiger partial charge in [0.15, 0.2) is 0 Å². The quantitative estimate of drug-likeness (QED) is 0.637. The summed E-state index contributed by atoms with van der Waals surface area (Å²) in [6.45, 7) is 2.92. The van der Waals surface area contributed by atoms with Gasteiger partial charge in [0.2, 0.25) is 11.8 Å². The Kier molecular flexibility index (Phi) is 5.80. The van der Waals surface area contributed by atoms with Gasteiger partial charge < -0.3 is 15.2 Å². The fraction of sp³-hybridized carbons (Fsp3) is 0.200. The molecule has 5 heteroatoms. The molecule has 0 aliphatic carbocycles. The zero-order valence-corrected chi connectivity index (χ0v) is 17.0. The van der Waals surface area contributed by atoms with Gasteiger partial charge >= 0.3 is 0 Å². The Morgan fingerprint density at radius 2 is 1.87 bits per heavy atom. The van der Waals surface area contributed by atoms with E-state index in [9.17, 15) is 9.59 Å². The maximum atomic E-state index is 12.8. The first-order valence-electron chi connectivity index (χ1n) is 10.2. The van der Waals surface area contributed by atoms with Crippen LogP contribution in [-0.2, 0) is 9.59 Å². The number of nitrogens with one attached hydrogen (secondary N) is 2. The number of para-hydroxylation sites is 1. The van der Waals surface area contributed by atoms with Crippen molar-refractivity contribution in [3.63, 3.8) is 0 Å². The lowest BCUT2D eigenvalue weighted by molar-refractivity contribution is -0.134. The molecule has 0 saturated carbocycles. The van der Waals surface area contributed by atoms with Crippen LogP contribution < -0.4 is 5.32 Å². The van der Waals surface area contributed by atoms with E-state index in [1.54, 1.807) is 17.9 Å². The van der Waals surface area contributed by atoms with Crippen molar-refractivity contribution in [3.05, 3.63) is 84.1 Å². The van der Waals surface area contributed by atoms with E-state index >= 15 is 0 Å². The van der Waals surface area contributed by atoms with Crippen LogP contribution in [0.25, 0.3) is 22.6 Å². The minimum Gasteiger partial charge on any atom is -0.361 e.